The molecule has 0 bridgehead atoms. The third kappa shape index (κ3) is 70.3. The monoisotopic (exact) mass is 1240 g/mol. The Balaban J connectivity index is 4.87. The van der Waals surface area contributed by atoms with Crippen LogP contribution in [0.3, 0.4) is 0 Å². The van der Waals surface area contributed by atoms with Gasteiger partial charge >= 0.3 is 0 Å². The molecule has 2 unspecified atom stereocenters. The number of aliphatic hydroxyl groups is 2. The zero-order chi connectivity index (χ0) is 63.8. The van der Waals surface area contributed by atoms with Crippen molar-refractivity contribution < 1.29 is 19.8 Å². The van der Waals surface area contributed by atoms with Gasteiger partial charge in [-0.25, -0.2) is 0 Å². The summed E-state index contributed by atoms with van der Waals surface area (Å²) in [6.07, 6.45) is 82.4. The van der Waals surface area contributed by atoms with Crippen LogP contribution in [0.4, 0.5) is 0 Å². The van der Waals surface area contributed by atoms with Crippen LogP contribution in [0.5, 0.6) is 0 Å². The van der Waals surface area contributed by atoms with Crippen molar-refractivity contribution in [3.8, 4) is 0 Å². The first kappa shape index (κ1) is 86.4. The number of hydrogen-bond donors (Lipinski definition) is 4. The summed E-state index contributed by atoms with van der Waals surface area (Å²) in [5.74, 6) is 0.519. The molecule has 2 atom stereocenters. The Morgan fingerprint density at radius 2 is 0.602 bits per heavy atom. The Morgan fingerprint density at radius 1 is 0.318 bits per heavy atom. The van der Waals surface area contributed by atoms with Crippen LogP contribution in [0.1, 0.15) is 407 Å². The number of aliphatic hydroxyl groups excluding tert-OH is 2. The van der Waals surface area contributed by atoms with Crippen LogP contribution in [0.25, 0.3) is 0 Å². The Hall–Kier alpha value is -1.58. The van der Waals surface area contributed by atoms with E-state index in [0.717, 1.165) is 90.6 Å². The zero-order valence-electron chi connectivity index (χ0n) is 60.2. The van der Waals surface area contributed by atoms with Gasteiger partial charge in [-0.2, -0.15) is 0 Å². The van der Waals surface area contributed by atoms with Crippen molar-refractivity contribution in [3.05, 3.63) is 24.3 Å². The van der Waals surface area contributed by atoms with Gasteiger partial charge < -0.3 is 30.6 Å². The number of amides is 1. The van der Waals surface area contributed by atoms with Crippen molar-refractivity contribution in [2.45, 2.75) is 419 Å². The number of unbranched alkanes of at least 4 members (excludes halogenated alkanes) is 47. The van der Waals surface area contributed by atoms with E-state index < -0.39 is 6.10 Å². The van der Waals surface area contributed by atoms with Crippen LogP contribution >= 0.6 is 0 Å². The fourth-order valence-corrected chi connectivity index (χ4v) is 12.7. The maximum atomic E-state index is 12.8. The standard InChI is InChI=1S/C80H158N4O4/c1-5-9-13-17-21-25-29-32-34-36-37-39-41-44-48-52-56-64-77(85)65-57-58-66-78(86)75-83(70-60-54-51-47-43-31-27-23-19-15-11-7-3)72-62-63-73-84(71-61-55-50-46-28-24-20-16-12-8-4)76-79(87)74-81-69-67-80(88)82-68-59-53-49-45-42-40-38-35-33-30-26-22-18-14-10-6-2/h32-35,78-79,81,86-87H,5-31,36-76H2,1-4H3,(H,82,88)/b34-32+,35-33+. The maximum Gasteiger partial charge on any atom is 0.221 e. The second kappa shape index (κ2) is 74.5. The lowest BCUT2D eigenvalue weighted by Crippen LogP contribution is -2.40. The quantitative estimate of drug-likeness (QED) is 0.0355. The Labute approximate surface area is 551 Å². The number of carbonyl (C=O) groups is 2. The molecule has 0 fully saturated rings. The highest BCUT2D eigenvalue weighted by molar-refractivity contribution is 5.78. The number of hydrogen-bond acceptors (Lipinski definition) is 7. The van der Waals surface area contributed by atoms with E-state index in [0.29, 0.717) is 38.3 Å². The molecule has 0 aromatic rings. The number of rotatable bonds is 76. The fraction of sp³-hybridized carbons (Fsp3) is 0.925. The molecule has 0 aliphatic rings. The molecular formula is C80H158N4O4. The van der Waals surface area contributed by atoms with Gasteiger partial charge in [0.2, 0.25) is 5.91 Å². The fourth-order valence-electron chi connectivity index (χ4n) is 12.7. The van der Waals surface area contributed by atoms with Gasteiger partial charge in [0.25, 0.3) is 0 Å². The second-order valence-electron chi connectivity index (χ2n) is 27.8. The van der Waals surface area contributed by atoms with Crippen LogP contribution < -0.4 is 10.6 Å². The molecule has 522 valence electrons. The van der Waals surface area contributed by atoms with Crippen molar-refractivity contribution in [1.82, 2.24) is 20.4 Å². The van der Waals surface area contributed by atoms with Gasteiger partial charge in [0, 0.05) is 52.0 Å². The van der Waals surface area contributed by atoms with Crippen LogP contribution in [-0.4, -0.2) is 103 Å². The molecule has 0 saturated heterocycles. The number of nitrogens with one attached hydrogen (secondary N) is 2. The molecule has 0 aromatic carbocycles. The van der Waals surface area contributed by atoms with E-state index in [4.69, 9.17) is 0 Å². The van der Waals surface area contributed by atoms with Crippen molar-refractivity contribution >= 4 is 11.7 Å². The second-order valence-corrected chi connectivity index (χ2v) is 27.8. The third-order valence-electron chi connectivity index (χ3n) is 18.7. The van der Waals surface area contributed by atoms with E-state index >= 15 is 0 Å². The van der Waals surface area contributed by atoms with Crippen molar-refractivity contribution in [1.29, 1.82) is 0 Å². The molecular weight excluding hydrogens is 1080 g/mol. The number of carbonyl (C=O) groups excluding carboxylic acids is 2. The summed E-state index contributed by atoms with van der Waals surface area (Å²) in [6.45, 7) is 16.5. The lowest BCUT2D eigenvalue weighted by molar-refractivity contribution is -0.121. The van der Waals surface area contributed by atoms with Gasteiger partial charge in [-0.1, -0.05) is 309 Å². The van der Waals surface area contributed by atoms with Gasteiger partial charge in [-0.3, -0.25) is 9.59 Å². The topological polar surface area (TPSA) is 105 Å². The molecule has 88 heavy (non-hydrogen) atoms. The molecule has 0 aliphatic heterocycles. The van der Waals surface area contributed by atoms with Gasteiger partial charge in [-0.15, -0.1) is 0 Å². The average molecular weight is 1240 g/mol. The van der Waals surface area contributed by atoms with Crippen LogP contribution in [0.2, 0.25) is 0 Å². The van der Waals surface area contributed by atoms with Crippen LogP contribution in [0, 0.1) is 0 Å². The third-order valence-corrected chi connectivity index (χ3v) is 18.7. The molecule has 8 heteroatoms. The normalized spacial score (nSPS) is 12.7. The minimum atomic E-state index is -0.470. The molecule has 0 rings (SSSR count). The lowest BCUT2D eigenvalue weighted by atomic mass is 10.0. The van der Waals surface area contributed by atoms with Crippen LogP contribution in [0.15, 0.2) is 24.3 Å². The minimum absolute atomic E-state index is 0.106. The summed E-state index contributed by atoms with van der Waals surface area (Å²) in [4.78, 5) is 30.5. The lowest BCUT2D eigenvalue weighted by Gasteiger charge is -2.27. The number of allylic oxidation sites excluding steroid dienone is 4. The highest BCUT2D eigenvalue weighted by Gasteiger charge is 2.16. The molecule has 0 spiro atoms. The van der Waals surface area contributed by atoms with Gasteiger partial charge in [0.05, 0.1) is 12.2 Å². The summed E-state index contributed by atoms with van der Waals surface area (Å²) >= 11 is 0. The van der Waals surface area contributed by atoms with E-state index in [1.165, 1.54) is 315 Å². The SMILES string of the molecule is CCCCCCCC/C=C/CCCCCCCCCC(=O)CCCCC(O)CN(CCCCCCCCCCCCCC)CCCCN(CCCCCCCCCCCC)CC(O)CNCCC(=O)NCCCCCCCC/C=C/CCCCCCCC. The van der Waals surface area contributed by atoms with Crippen molar-refractivity contribution in [2.24, 2.45) is 0 Å². The molecule has 8 nitrogen and oxygen atoms in total. The molecule has 0 aromatic heterocycles. The summed E-state index contributed by atoms with van der Waals surface area (Å²) < 4.78 is 0. The van der Waals surface area contributed by atoms with E-state index in [-0.39, 0.29) is 12.0 Å². The first-order valence-corrected chi connectivity index (χ1v) is 40.0. The number of ketones is 1. The Bertz CT molecular complexity index is 1420. The molecule has 0 heterocycles. The van der Waals surface area contributed by atoms with Gasteiger partial charge in [-0.05, 0) is 129 Å². The van der Waals surface area contributed by atoms with Crippen molar-refractivity contribution in [3.63, 3.8) is 0 Å². The predicted molar refractivity (Wildman–Crippen MR) is 389 cm³/mol. The van der Waals surface area contributed by atoms with Gasteiger partial charge in [0.15, 0.2) is 0 Å². The van der Waals surface area contributed by atoms with Crippen LogP contribution in [-0.2, 0) is 9.59 Å². The van der Waals surface area contributed by atoms with E-state index in [1.54, 1.807) is 0 Å². The Kier molecular flexibility index (Phi) is 73.1. The number of nitrogens with zero attached hydrogens (tertiary/aromatic N) is 2. The summed E-state index contributed by atoms with van der Waals surface area (Å²) in [6, 6.07) is 0. The highest BCUT2D eigenvalue weighted by atomic mass is 16.3. The molecule has 1 amide bonds. The number of Topliss-reactive ketones (excluding diaryl/α,β-unsaturated/α-hetero) is 1. The molecule has 0 radical (unpaired) electrons. The van der Waals surface area contributed by atoms with E-state index in [9.17, 15) is 19.8 Å². The van der Waals surface area contributed by atoms with Crippen molar-refractivity contribution in [2.75, 3.05) is 58.9 Å². The van der Waals surface area contributed by atoms with E-state index in [2.05, 4.69) is 72.4 Å². The highest BCUT2D eigenvalue weighted by Crippen LogP contribution is 2.18. The molecule has 4 N–H and O–H groups in total. The average Bonchev–Trinajstić information content (AvgIpc) is 3.53. The minimum Gasteiger partial charge on any atom is -0.392 e. The largest absolute Gasteiger partial charge is 0.392 e. The molecule has 0 saturated carbocycles. The first-order valence-electron chi connectivity index (χ1n) is 40.0. The van der Waals surface area contributed by atoms with E-state index in [1.807, 2.05) is 0 Å². The summed E-state index contributed by atoms with van der Waals surface area (Å²) in [5, 5.41) is 29.2. The maximum absolute atomic E-state index is 12.8. The summed E-state index contributed by atoms with van der Waals surface area (Å²) in [7, 11) is 0. The smallest absolute Gasteiger partial charge is 0.221 e. The van der Waals surface area contributed by atoms with Gasteiger partial charge in [0.1, 0.15) is 5.78 Å². The first-order chi connectivity index (χ1) is 43.4. The molecule has 0 aliphatic carbocycles. The summed E-state index contributed by atoms with van der Waals surface area (Å²) in [5.41, 5.74) is 0. The predicted octanol–water partition coefficient (Wildman–Crippen LogP) is 22.8. The Morgan fingerprint density at radius 3 is 0.966 bits per heavy atom. The zero-order valence-corrected chi connectivity index (χ0v) is 60.2.